The molecule has 10 heteroatoms. The van der Waals surface area contributed by atoms with E-state index in [0.29, 0.717) is 23.5 Å². The van der Waals surface area contributed by atoms with Crippen LogP contribution in [-0.4, -0.2) is 79.6 Å². The maximum atomic E-state index is 13.3. The molecule has 1 aromatic rings. The van der Waals surface area contributed by atoms with Gasteiger partial charge in [0.15, 0.2) is 0 Å². The Bertz CT molecular complexity index is 1010. The van der Waals surface area contributed by atoms with Crippen LogP contribution in [0.4, 0.5) is 5.69 Å². The SMILES string of the molecule is CCOC(=O)C1=C(C)NC(C)=C(C(=O)OCCN2CCN(C)CC2)C1c1cccc([N+](=O)[O-])c1. The van der Waals surface area contributed by atoms with E-state index in [4.69, 9.17) is 9.47 Å². The van der Waals surface area contributed by atoms with Crippen LogP contribution in [0.2, 0.25) is 0 Å². The fourth-order valence-corrected chi connectivity index (χ4v) is 4.31. The summed E-state index contributed by atoms with van der Waals surface area (Å²) in [4.78, 5) is 41.5. The number of benzene rings is 1. The normalized spacial score (nSPS) is 19.6. The summed E-state index contributed by atoms with van der Waals surface area (Å²) in [5.74, 6) is -2.00. The van der Waals surface area contributed by atoms with Gasteiger partial charge in [-0.1, -0.05) is 12.1 Å². The number of hydrogen-bond donors (Lipinski definition) is 1. The molecule has 1 fully saturated rings. The van der Waals surface area contributed by atoms with Crippen LogP contribution >= 0.6 is 0 Å². The van der Waals surface area contributed by atoms with Gasteiger partial charge in [-0.05, 0) is 33.4 Å². The van der Waals surface area contributed by atoms with Gasteiger partial charge < -0.3 is 19.7 Å². The Labute approximate surface area is 199 Å². The molecule has 184 valence electrons. The molecule has 2 heterocycles. The van der Waals surface area contributed by atoms with Gasteiger partial charge in [-0.15, -0.1) is 0 Å². The molecule has 0 bridgehead atoms. The van der Waals surface area contributed by atoms with Gasteiger partial charge in [-0.25, -0.2) is 9.59 Å². The van der Waals surface area contributed by atoms with Crippen molar-refractivity contribution in [2.45, 2.75) is 26.7 Å². The first-order valence-electron chi connectivity index (χ1n) is 11.4. The summed E-state index contributed by atoms with van der Waals surface area (Å²) >= 11 is 0. The number of nitro benzene ring substituents is 1. The Morgan fingerprint density at radius 3 is 2.29 bits per heavy atom. The van der Waals surface area contributed by atoms with Crippen LogP contribution in [-0.2, 0) is 19.1 Å². The van der Waals surface area contributed by atoms with Crippen molar-refractivity contribution in [3.05, 3.63) is 62.5 Å². The number of allylic oxidation sites excluding steroid dienone is 2. The Kier molecular flexibility index (Phi) is 8.41. The highest BCUT2D eigenvalue weighted by atomic mass is 16.6. The summed E-state index contributed by atoms with van der Waals surface area (Å²) in [7, 11) is 2.08. The van der Waals surface area contributed by atoms with Crippen molar-refractivity contribution < 1.29 is 24.0 Å². The zero-order valence-corrected chi connectivity index (χ0v) is 20.1. The highest BCUT2D eigenvalue weighted by Crippen LogP contribution is 2.40. The molecule has 0 spiro atoms. The van der Waals surface area contributed by atoms with Gasteiger partial charge in [-0.2, -0.15) is 0 Å². The zero-order valence-electron chi connectivity index (χ0n) is 20.1. The van der Waals surface area contributed by atoms with E-state index in [1.54, 1.807) is 32.9 Å². The molecule has 1 unspecified atom stereocenters. The number of nitrogens with one attached hydrogen (secondary N) is 1. The third-order valence-electron chi connectivity index (χ3n) is 6.13. The predicted molar refractivity (Wildman–Crippen MR) is 126 cm³/mol. The predicted octanol–water partition coefficient (Wildman–Crippen LogP) is 2.18. The number of likely N-dealkylation sites (N-methyl/N-ethyl adjacent to an activating group) is 1. The van der Waals surface area contributed by atoms with Crippen molar-refractivity contribution in [1.82, 2.24) is 15.1 Å². The summed E-state index contributed by atoms with van der Waals surface area (Å²) in [6.45, 7) is 9.85. The minimum Gasteiger partial charge on any atom is -0.463 e. The molecule has 0 radical (unpaired) electrons. The molecule has 2 aliphatic heterocycles. The van der Waals surface area contributed by atoms with Crippen molar-refractivity contribution in [2.75, 3.05) is 53.0 Å². The average molecular weight is 473 g/mol. The summed E-state index contributed by atoms with van der Waals surface area (Å²) in [6.07, 6.45) is 0. The molecule has 3 rings (SSSR count). The van der Waals surface area contributed by atoms with E-state index in [1.807, 2.05) is 0 Å². The average Bonchev–Trinajstić information content (AvgIpc) is 2.80. The molecular weight excluding hydrogens is 440 g/mol. The number of non-ortho nitro benzene ring substituents is 1. The van der Waals surface area contributed by atoms with E-state index in [-0.39, 0.29) is 30.0 Å². The van der Waals surface area contributed by atoms with E-state index in [1.165, 1.54) is 12.1 Å². The molecule has 0 aromatic heterocycles. The van der Waals surface area contributed by atoms with Crippen molar-refractivity contribution in [3.63, 3.8) is 0 Å². The Hall–Kier alpha value is -3.24. The zero-order chi connectivity index (χ0) is 24.8. The lowest BCUT2D eigenvalue weighted by Gasteiger charge is -2.32. The minimum absolute atomic E-state index is 0.127. The number of rotatable bonds is 8. The van der Waals surface area contributed by atoms with Crippen molar-refractivity contribution in [3.8, 4) is 0 Å². The molecule has 0 amide bonds. The van der Waals surface area contributed by atoms with Gasteiger partial charge >= 0.3 is 11.9 Å². The van der Waals surface area contributed by atoms with Gasteiger partial charge in [-0.3, -0.25) is 15.0 Å². The second-order valence-corrected chi connectivity index (χ2v) is 8.49. The van der Waals surface area contributed by atoms with E-state index in [9.17, 15) is 19.7 Å². The van der Waals surface area contributed by atoms with Gasteiger partial charge in [0.05, 0.1) is 28.6 Å². The van der Waals surface area contributed by atoms with Gasteiger partial charge in [0.1, 0.15) is 6.61 Å². The molecule has 10 nitrogen and oxygen atoms in total. The Balaban J connectivity index is 1.89. The van der Waals surface area contributed by atoms with Crippen molar-refractivity contribution >= 4 is 17.6 Å². The maximum Gasteiger partial charge on any atom is 0.336 e. The molecule has 34 heavy (non-hydrogen) atoms. The van der Waals surface area contributed by atoms with E-state index in [0.717, 1.165) is 26.2 Å². The highest BCUT2D eigenvalue weighted by Gasteiger charge is 2.38. The lowest BCUT2D eigenvalue weighted by molar-refractivity contribution is -0.384. The topological polar surface area (TPSA) is 114 Å². The minimum atomic E-state index is -0.851. The van der Waals surface area contributed by atoms with Crippen molar-refractivity contribution in [2.24, 2.45) is 0 Å². The Morgan fingerprint density at radius 1 is 1.09 bits per heavy atom. The third kappa shape index (κ3) is 5.81. The number of esters is 2. The van der Waals surface area contributed by atoms with E-state index >= 15 is 0 Å². The number of dihydropyridines is 1. The van der Waals surface area contributed by atoms with E-state index in [2.05, 4.69) is 22.2 Å². The first-order valence-corrected chi connectivity index (χ1v) is 11.4. The van der Waals surface area contributed by atoms with Gasteiger partial charge in [0.25, 0.3) is 5.69 Å². The van der Waals surface area contributed by atoms with Crippen LogP contribution in [0.5, 0.6) is 0 Å². The lowest BCUT2D eigenvalue weighted by Crippen LogP contribution is -2.45. The second-order valence-electron chi connectivity index (χ2n) is 8.49. The van der Waals surface area contributed by atoms with Crippen LogP contribution in [0.3, 0.4) is 0 Å². The molecule has 1 saturated heterocycles. The number of hydrogen-bond acceptors (Lipinski definition) is 9. The quantitative estimate of drug-likeness (QED) is 0.345. The summed E-state index contributed by atoms with van der Waals surface area (Å²) < 4.78 is 10.9. The van der Waals surface area contributed by atoms with Crippen LogP contribution in [0.15, 0.2) is 46.8 Å². The lowest BCUT2D eigenvalue weighted by atomic mass is 9.80. The number of nitro groups is 1. The largest absolute Gasteiger partial charge is 0.463 e. The van der Waals surface area contributed by atoms with Crippen molar-refractivity contribution in [1.29, 1.82) is 0 Å². The summed E-state index contributed by atoms with van der Waals surface area (Å²) in [5.41, 5.74) is 1.86. The van der Waals surface area contributed by atoms with E-state index < -0.39 is 22.8 Å². The van der Waals surface area contributed by atoms with Crippen LogP contribution in [0, 0.1) is 10.1 Å². The van der Waals surface area contributed by atoms with Crippen LogP contribution < -0.4 is 5.32 Å². The molecule has 2 aliphatic rings. The third-order valence-corrected chi connectivity index (χ3v) is 6.13. The Morgan fingerprint density at radius 2 is 1.71 bits per heavy atom. The van der Waals surface area contributed by atoms with Crippen LogP contribution in [0.1, 0.15) is 32.3 Å². The maximum absolute atomic E-state index is 13.3. The number of ether oxygens (including phenoxy) is 2. The van der Waals surface area contributed by atoms with Crippen LogP contribution in [0.25, 0.3) is 0 Å². The fourth-order valence-electron chi connectivity index (χ4n) is 4.31. The molecule has 0 saturated carbocycles. The molecule has 1 N–H and O–H groups in total. The standard InChI is InChI=1S/C24H32N4O6/c1-5-33-23(29)20-16(2)25-17(3)21(22(20)18-7-6-8-19(15-18)28(31)32)24(30)34-14-13-27-11-9-26(4)10-12-27/h6-8,15,22,25H,5,9-14H2,1-4H3. The first-order chi connectivity index (χ1) is 16.2. The van der Waals surface area contributed by atoms with Gasteiger partial charge in [0.2, 0.25) is 0 Å². The first kappa shape index (κ1) is 25.4. The monoisotopic (exact) mass is 472 g/mol. The summed E-state index contributed by atoms with van der Waals surface area (Å²) in [6, 6.07) is 5.96. The smallest absolute Gasteiger partial charge is 0.336 e. The summed E-state index contributed by atoms with van der Waals surface area (Å²) in [5, 5.41) is 14.5. The molecule has 0 aliphatic carbocycles. The number of piperazine rings is 1. The number of nitrogens with zero attached hydrogens (tertiary/aromatic N) is 3. The van der Waals surface area contributed by atoms with Gasteiger partial charge in [0, 0.05) is 56.3 Å². The molecule has 1 aromatic carbocycles. The second kappa shape index (κ2) is 11.3. The fraction of sp³-hybridized carbons (Fsp3) is 0.500. The highest BCUT2D eigenvalue weighted by molar-refractivity contribution is 5.99. The molecule has 1 atom stereocenters. The number of carbonyl (C=O) groups excluding carboxylic acids is 2. The molecular formula is C24H32N4O6. The number of carbonyl (C=O) groups is 2.